The number of hydrogen-bond donors (Lipinski definition) is 3. The molecular weight excluding hydrogens is 1250 g/mol. The van der Waals surface area contributed by atoms with E-state index in [4.69, 9.17) is 37.0 Å². The molecule has 0 spiro atoms. The van der Waals surface area contributed by atoms with Crippen molar-refractivity contribution in [1.29, 1.82) is 0 Å². The predicted molar refractivity (Wildman–Crippen MR) is 386 cm³/mol. The summed E-state index contributed by atoms with van der Waals surface area (Å²) in [5.74, 6) is -0.542. The van der Waals surface area contributed by atoms with Crippen LogP contribution >= 0.6 is 15.6 Å². The van der Waals surface area contributed by atoms with Crippen LogP contribution in [-0.2, 0) is 65.4 Å². The summed E-state index contributed by atoms with van der Waals surface area (Å²) in [5.41, 5.74) is 0. The van der Waals surface area contributed by atoms with Crippen LogP contribution in [0.25, 0.3) is 0 Å². The Morgan fingerprint density at radius 2 is 0.537 bits per heavy atom. The maximum Gasteiger partial charge on any atom is 0.472 e. The lowest BCUT2D eigenvalue weighted by Crippen LogP contribution is -2.30. The van der Waals surface area contributed by atoms with Gasteiger partial charge in [0.1, 0.15) is 19.3 Å². The molecule has 0 heterocycles. The maximum atomic E-state index is 13.1. The monoisotopic (exact) mass is 1400 g/mol. The number of ether oxygens (including phenoxy) is 4. The van der Waals surface area contributed by atoms with Crippen LogP contribution in [0.15, 0.2) is 0 Å². The summed E-state index contributed by atoms with van der Waals surface area (Å²) in [6.07, 6.45) is 55.6. The zero-order valence-electron chi connectivity index (χ0n) is 62.0. The lowest BCUT2D eigenvalue weighted by atomic mass is 9.99. The maximum absolute atomic E-state index is 13.1. The highest BCUT2D eigenvalue weighted by molar-refractivity contribution is 7.47. The van der Waals surface area contributed by atoms with Crippen LogP contribution in [0.2, 0.25) is 0 Å². The molecule has 0 saturated carbocycles. The Morgan fingerprint density at radius 1 is 0.305 bits per heavy atom. The number of aliphatic hydroxyl groups is 1. The Bertz CT molecular complexity index is 1840. The van der Waals surface area contributed by atoms with Crippen molar-refractivity contribution < 1.29 is 80.2 Å². The molecule has 17 nitrogen and oxygen atoms in total. The van der Waals surface area contributed by atoms with E-state index in [2.05, 4.69) is 41.5 Å². The van der Waals surface area contributed by atoms with Crippen LogP contribution < -0.4 is 0 Å². The highest BCUT2D eigenvalue weighted by Crippen LogP contribution is 2.45. The van der Waals surface area contributed by atoms with E-state index in [-0.39, 0.29) is 25.7 Å². The van der Waals surface area contributed by atoms with E-state index in [0.717, 1.165) is 115 Å². The highest BCUT2D eigenvalue weighted by atomic mass is 31.2. The van der Waals surface area contributed by atoms with Crippen molar-refractivity contribution in [3.05, 3.63) is 0 Å². The van der Waals surface area contributed by atoms with Gasteiger partial charge in [-0.05, 0) is 37.5 Å². The summed E-state index contributed by atoms with van der Waals surface area (Å²) in [6, 6.07) is 0. The molecule has 0 aliphatic heterocycles. The molecule has 0 aromatic heterocycles. The van der Waals surface area contributed by atoms with Crippen LogP contribution in [0.4, 0.5) is 0 Å². The second kappa shape index (κ2) is 67.9. The van der Waals surface area contributed by atoms with E-state index in [1.807, 2.05) is 0 Å². The lowest BCUT2D eigenvalue weighted by Gasteiger charge is -2.21. The molecule has 0 aromatic rings. The van der Waals surface area contributed by atoms with Crippen molar-refractivity contribution in [2.24, 2.45) is 11.8 Å². The van der Waals surface area contributed by atoms with Crippen LogP contribution in [0.5, 0.6) is 0 Å². The van der Waals surface area contributed by atoms with E-state index in [9.17, 15) is 43.2 Å². The fourth-order valence-corrected chi connectivity index (χ4v) is 13.2. The van der Waals surface area contributed by atoms with Gasteiger partial charge in [0.15, 0.2) is 12.2 Å². The number of carbonyl (C=O) groups excluding carboxylic acids is 4. The van der Waals surface area contributed by atoms with Crippen LogP contribution in [-0.4, -0.2) is 96.7 Å². The molecular formula is C76H148O17P2. The SMILES string of the molecule is CCCCCCCCCCCCCCCCCCCC(=O)OC[C@H](COP(=O)(O)OC[C@@H](O)COP(=O)(O)OC[C@@H](COC(=O)CCCCCCCCC)OC(=O)CCCCCCCCCCC(C)CC)OC(=O)CCCCCCCCCCCCCCCCCCC(C)C. The van der Waals surface area contributed by atoms with E-state index < -0.39 is 97.5 Å². The van der Waals surface area contributed by atoms with Gasteiger partial charge in [-0.2, -0.15) is 0 Å². The first-order valence-electron chi connectivity index (χ1n) is 39.5. The van der Waals surface area contributed by atoms with Gasteiger partial charge in [-0.3, -0.25) is 37.3 Å². The Balaban J connectivity index is 5.19. The summed E-state index contributed by atoms with van der Waals surface area (Å²) >= 11 is 0. The average molecular weight is 1400 g/mol. The number of phosphoric ester groups is 2. The summed E-state index contributed by atoms with van der Waals surface area (Å²) < 4.78 is 68.4. The van der Waals surface area contributed by atoms with Gasteiger partial charge in [-0.15, -0.1) is 0 Å². The van der Waals surface area contributed by atoms with Crippen molar-refractivity contribution in [2.45, 2.75) is 413 Å². The largest absolute Gasteiger partial charge is 0.472 e. The van der Waals surface area contributed by atoms with Gasteiger partial charge in [-0.1, -0.05) is 343 Å². The second-order valence-corrected chi connectivity index (χ2v) is 31.0. The first-order valence-corrected chi connectivity index (χ1v) is 42.5. The van der Waals surface area contributed by atoms with Crippen molar-refractivity contribution in [1.82, 2.24) is 0 Å². The third-order valence-corrected chi connectivity index (χ3v) is 20.0. The summed E-state index contributed by atoms with van der Waals surface area (Å²) in [5, 5.41) is 10.6. The Morgan fingerprint density at radius 3 is 0.800 bits per heavy atom. The van der Waals surface area contributed by atoms with E-state index >= 15 is 0 Å². The van der Waals surface area contributed by atoms with Crippen molar-refractivity contribution in [3.63, 3.8) is 0 Å². The molecule has 0 amide bonds. The molecule has 3 N–H and O–H groups in total. The van der Waals surface area contributed by atoms with Crippen LogP contribution in [0, 0.1) is 11.8 Å². The molecule has 564 valence electrons. The number of carbonyl (C=O) groups is 4. The van der Waals surface area contributed by atoms with Gasteiger partial charge in [-0.25, -0.2) is 9.13 Å². The number of aliphatic hydroxyl groups excluding tert-OH is 1. The first-order chi connectivity index (χ1) is 45.9. The smallest absolute Gasteiger partial charge is 0.462 e. The van der Waals surface area contributed by atoms with Gasteiger partial charge in [0.2, 0.25) is 0 Å². The molecule has 0 bridgehead atoms. The third-order valence-electron chi connectivity index (χ3n) is 18.1. The predicted octanol–water partition coefficient (Wildman–Crippen LogP) is 22.3. The molecule has 0 saturated heterocycles. The lowest BCUT2D eigenvalue weighted by molar-refractivity contribution is -0.161. The van der Waals surface area contributed by atoms with E-state index in [1.165, 1.54) is 199 Å². The Hall–Kier alpha value is -1.94. The van der Waals surface area contributed by atoms with Crippen molar-refractivity contribution in [2.75, 3.05) is 39.6 Å². The average Bonchev–Trinajstić information content (AvgIpc) is 2.22. The topological polar surface area (TPSA) is 237 Å². The summed E-state index contributed by atoms with van der Waals surface area (Å²) in [4.78, 5) is 72.7. The second-order valence-electron chi connectivity index (χ2n) is 28.1. The fraction of sp³-hybridized carbons (Fsp3) is 0.947. The third kappa shape index (κ3) is 69.0. The van der Waals surface area contributed by atoms with Gasteiger partial charge in [0, 0.05) is 25.7 Å². The van der Waals surface area contributed by atoms with Gasteiger partial charge >= 0.3 is 39.5 Å². The standard InChI is InChI=1S/C76H148O17P2/c1-7-10-12-14-16-17-18-19-20-21-25-28-31-34-41-47-53-59-74(79)87-65-72(92-75(80)60-54-48-42-35-32-29-26-23-22-24-27-30-33-39-44-50-56-68(4)5)67-91-95(84,85)89-63-70(77)62-88-94(82,83)90-66-71(64-86-73(78)58-52-46-38-15-13-11-8-2)93-76(81)61-55-49-43-37-36-40-45-51-57-69(6)9-3/h68-72,77H,7-67H2,1-6H3,(H,82,83)(H,84,85)/t69?,70-,71+,72+/m0/s1. The van der Waals surface area contributed by atoms with E-state index in [0.29, 0.717) is 25.7 Å². The number of phosphoric acid groups is 2. The van der Waals surface area contributed by atoms with Gasteiger partial charge in [0.25, 0.3) is 0 Å². The number of rotatable bonds is 75. The molecule has 19 heteroatoms. The molecule has 0 radical (unpaired) electrons. The molecule has 95 heavy (non-hydrogen) atoms. The van der Waals surface area contributed by atoms with Gasteiger partial charge < -0.3 is 33.8 Å². The number of hydrogen-bond acceptors (Lipinski definition) is 15. The number of esters is 4. The van der Waals surface area contributed by atoms with Crippen LogP contribution in [0.1, 0.15) is 395 Å². The molecule has 0 aromatic carbocycles. The Labute approximate surface area is 581 Å². The molecule has 6 atom stereocenters. The molecule has 0 aliphatic carbocycles. The Kier molecular flexibility index (Phi) is 66.5. The highest BCUT2D eigenvalue weighted by Gasteiger charge is 2.30. The quantitative estimate of drug-likeness (QED) is 0.0222. The van der Waals surface area contributed by atoms with E-state index in [1.54, 1.807) is 0 Å². The molecule has 0 rings (SSSR count). The zero-order chi connectivity index (χ0) is 70.0. The minimum atomic E-state index is -4.96. The van der Waals surface area contributed by atoms with Gasteiger partial charge in [0.05, 0.1) is 26.4 Å². The first kappa shape index (κ1) is 93.1. The van der Waals surface area contributed by atoms with Crippen molar-refractivity contribution in [3.8, 4) is 0 Å². The molecule has 0 aliphatic rings. The normalized spacial score (nSPS) is 14.3. The summed E-state index contributed by atoms with van der Waals surface area (Å²) in [7, 11) is -9.91. The number of unbranched alkanes of at least 4 members (excludes halogenated alkanes) is 44. The molecule has 3 unspecified atom stereocenters. The minimum Gasteiger partial charge on any atom is -0.462 e. The van der Waals surface area contributed by atoms with Crippen molar-refractivity contribution >= 4 is 39.5 Å². The minimum absolute atomic E-state index is 0.105. The van der Waals surface area contributed by atoms with Crippen LogP contribution in [0.3, 0.4) is 0 Å². The molecule has 0 fully saturated rings. The summed E-state index contributed by atoms with van der Waals surface area (Å²) in [6.45, 7) is 9.58. The zero-order valence-corrected chi connectivity index (χ0v) is 63.8. The fourth-order valence-electron chi connectivity index (χ4n) is 11.6.